The van der Waals surface area contributed by atoms with Crippen molar-refractivity contribution < 1.29 is 4.74 Å². The Morgan fingerprint density at radius 2 is 2.11 bits per heavy atom. The molecule has 2 heterocycles. The molecule has 0 saturated carbocycles. The van der Waals surface area contributed by atoms with Crippen molar-refractivity contribution in [1.29, 1.82) is 0 Å². The van der Waals surface area contributed by atoms with Gasteiger partial charge in [-0.25, -0.2) is 9.67 Å². The van der Waals surface area contributed by atoms with Gasteiger partial charge in [0.2, 0.25) is 0 Å². The first-order chi connectivity index (χ1) is 9.15. The lowest BCUT2D eigenvalue weighted by Crippen LogP contribution is -1.98. The van der Waals surface area contributed by atoms with E-state index in [9.17, 15) is 0 Å². The minimum Gasteiger partial charge on any atom is -0.423 e. The van der Waals surface area contributed by atoms with E-state index < -0.39 is 0 Å². The molecule has 0 saturated heterocycles. The summed E-state index contributed by atoms with van der Waals surface area (Å²) in [5, 5.41) is 5.33. The summed E-state index contributed by atoms with van der Waals surface area (Å²) in [4.78, 5) is 8.72. The molecule has 0 unspecified atom stereocenters. The summed E-state index contributed by atoms with van der Waals surface area (Å²) in [6, 6.07) is 6.23. The standard InChI is InChI=1S/C13H14N4OS/c1-4-17-8(2)14-13(16-17)18-10-5-6-12-11(7-10)15-9(3)19-12/h5-7H,4H2,1-3H3. The van der Waals surface area contributed by atoms with Crippen LogP contribution in [-0.2, 0) is 6.54 Å². The van der Waals surface area contributed by atoms with Crippen LogP contribution in [0.4, 0.5) is 0 Å². The SMILES string of the molecule is CCn1nc(Oc2ccc3sc(C)nc3c2)nc1C. The van der Waals surface area contributed by atoms with Crippen molar-refractivity contribution in [2.45, 2.75) is 27.3 Å². The highest BCUT2D eigenvalue weighted by atomic mass is 32.1. The number of aryl methyl sites for hydroxylation is 3. The summed E-state index contributed by atoms with van der Waals surface area (Å²) in [7, 11) is 0. The van der Waals surface area contributed by atoms with E-state index in [2.05, 4.69) is 15.1 Å². The molecule has 3 rings (SSSR count). The maximum atomic E-state index is 5.68. The van der Waals surface area contributed by atoms with Gasteiger partial charge < -0.3 is 4.74 Å². The van der Waals surface area contributed by atoms with Crippen LogP contribution in [0.2, 0.25) is 0 Å². The van der Waals surface area contributed by atoms with E-state index in [4.69, 9.17) is 4.74 Å². The Hall–Kier alpha value is -1.95. The van der Waals surface area contributed by atoms with Gasteiger partial charge in [-0.05, 0) is 32.9 Å². The highest BCUT2D eigenvalue weighted by molar-refractivity contribution is 7.18. The zero-order valence-corrected chi connectivity index (χ0v) is 11.9. The Labute approximate surface area is 114 Å². The Morgan fingerprint density at radius 3 is 2.84 bits per heavy atom. The summed E-state index contributed by atoms with van der Waals surface area (Å²) in [5.74, 6) is 1.56. The molecule has 3 aromatic rings. The summed E-state index contributed by atoms with van der Waals surface area (Å²) >= 11 is 1.68. The van der Waals surface area contributed by atoms with Gasteiger partial charge in [-0.3, -0.25) is 0 Å². The summed E-state index contributed by atoms with van der Waals surface area (Å²) in [6.45, 7) is 6.72. The normalized spacial score (nSPS) is 11.1. The molecule has 0 aliphatic rings. The molecular weight excluding hydrogens is 260 g/mol. The second-order valence-corrected chi connectivity index (χ2v) is 5.46. The molecule has 0 amide bonds. The number of aromatic nitrogens is 4. The Morgan fingerprint density at radius 1 is 1.26 bits per heavy atom. The molecule has 19 heavy (non-hydrogen) atoms. The van der Waals surface area contributed by atoms with E-state index in [1.165, 1.54) is 0 Å². The van der Waals surface area contributed by atoms with Crippen molar-refractivity contribution in [2.75, 3.05) is 0 Å². The minimum atomic E-state index is 0.380. The molecule has 0 spiro atoms. The summed E-state index contributed by atoms with van der Waals surface area (Å²) in [6.07, 6.45) is 0. The van der Waals surface area contributed by atoms with Crippen LogP contribution in [0, 0.1) is 13.8 Å². The van der Waals surface area contributed by atoms with E-state index in [0.717, 1.165) is 27.6 Å². The van der Waals surface area contributed by atoms with Crippen molar-refractivity contribution in [1.82, 2.24) is 19.7 Å². The second kappa shape index (κ2) is 4.62. The third-order valence-electron chi connectivity index (χ3n) is 2.81. The van der Waals surface area contributed by atoms with E-state index in [0.29, 0.717) is 11.8 Å². The number of hydrogen-bond acceptors (Lipinski definition) is 5. The average Bonchev–Trinajstić information content (AvgIpc) is 2.90. The maximum Gasteiger partial charge on any atom is 0.341 e. The highest BCUT2D eigenvalue weighted by Crippen LogP contribution is 2.27. The second-order valence-electron chi connectivity index (χ2n) is 4.22. The monoisotopic (exact) mass is 274 g/mol. The molecule has 6 heteroatoms. The summed E-state index contributed by atoms with van der Waals surface area (Å²) in [5.41, 5.74) is 0.951. The molecular formula is C13H14N4OS. The largest absolute Gasteiger partial charge is 0.423 e. The van der Waals surface area contributed by atoms with Crippen LogP contribution in [0.25, 0.3) is 10.2 Å². The van der Waals surface area contributed by atoms with Crippen LogP contribution in [0.5, 0.6) is 11.8 Å². The topological polar surface area (TPSA) is 52.8 Å². The number of thiazole rings is 1. The smallest absolute Gasteiger partial charge is 0.341 e. The Bertz CT molecular complexity index is 731. The average molecular weight is 274 g/mol. The van der Waals surface area contributed by atoms with Crippen LogP contribution in [0.1, 0.15) is 17.8 Å². The van der Waals surface area contributed by atoms with E-state index >= 15 is 0 Å². The van der Waals surface area contributed by atoms with Crippen LogP contribution >= 0.6 is 11.3 Å². The van der Waals surface area contributed by atoms with Crippen LogP contribution in [0.15, 0.2) is 18.2 Å². The van der Waals surface area contributed by atoms with Gasteiger partial charge in [0.15, 0.2) is 0 Å². The molecule has 0 atom stereocenters. The van der Waals surface area contributed by atoms with Crippen LogP contribution < -0.4 is 4.74 Å². The molecule has 0 radical (unpaired) electrons. The molecule has 0 N–H and O–H groups in total. The Balaban J connectivity index is 1.91. The molecule has 0 aliphatic carbocycles. The van der Waals surface area contributed by atoms with Gasteiger partial charge in [0.25, 0.3) is 0 Å². The van der Waals surface area contributed by atoms with Gasteiger partial charge >= 0.3 is 6.01 Å². The van der Waals surface area contributed by atoms with Gasteiger partial charge in [0, 0.05) is 12.6 Å². The number of fused-ring (bicyclic) bond motifs is 1. The number of nitrogens with zero attached hydrogens (tertiary/aromatic N) is 4. The number of rotatable bonds is 3. The van der Waals surface area contributed by atoms with E-state index in [1.54, 1.807) is 16.0 Å². The fraction of sp³-hybridized carbons (Fsp3) is 0.308. The highest BCUT2D eigenvalue weighted by Gasteiger charge is 2.08. The Kier molecular flexibility index (Phi) is 2.94. The van der Waals surface area contributed by atoms with Gasteiger partial charge in [-0.1, -0.05) is 0 Å². The lowest BCUT2D eigenvalue weighted by Gasteiger charge is -1.99. The summed E-state index contributed by atoms with van der Waals surface area (Å²) < 4.78 is 8.65. The third kappa shape index (κ3) is 2.31. The van der Waals surface area contributed by atoms with Crippen molar-refractivity contribution >= 4 is 21.6 Å². The minimum absolute atomic E-state index is 0.380. The number of hydrogen-bond donors (Lipinski definition) is 0. The lowest BCUT2D eigenvalue weighted by atomic mass is 10.3. The quantitative estimate of drug-likeness (QED) is 0.735. The molecule has 98 valence electrons. The molecule has 0 fully saturated rings. The fourth-order valence-corrected chi connectivity index (χ4v) is 2.74. The number of ether oxygens (including phenoxy) is 1. The molecule has 2 aromatic heterocycles. The predicted octanol–water partition coefficient (Wildman–Crippen LogP) is 3.32. The number of benzene rings is 1. The van der Waals surface area contributed by atoms with Gasteiger partial charge in [-0.15, -0.1) is 16.4 Å². The third-order valence-corrected chi connectivity index (χ3v) is 3.76. The fourth-order valence-electron chi connectivity index (χ4n) is 1.93. The van der Waals surface area contributed by atoms with E-state index in [-0.39, 0.29) is 0 Å². The van der Waals surface area contributed by atoms with Crippen LogP contribution in [0.3, 0.4) is 0 Å². The van der Waals surface area contributed by atoms with Crippen molar-refractivity contribution in [3.05, 3.63) is 29.0 Å². The van der Waals surface area contributed by atoms with Gasteiger partial charge in [-0.2, -0.15) is 4.98 Å². The zero-order chi connectivity index (χ0) is 13.4. The zero-order valence-electron chi connectivity index (χ0n) is 11.0. The van der Waals surface area contributed by atoms with Crippen molar-refractivity contribution in [2.24, 2.45) is 0 Å². The van der Waals surface area contributed by atoms with Crippen molar-refractivity contribution in [3.8, 4) is 11.8 Å². The van der Waals surface area contributed by atoms with Crippen molar-refractivity contribution in [3.63, 3.8) is 0 Å². The first-order valence-corrected chi connectivity index (χ1v) is 6.94. The first-order valence-electron chi connectivity index (χ1n) is 6.12. The first kappa shape index (κ1) is 12.1. The lowest BCUT2D eigenvalue weighted by molar-refractivity contribution is 0.436. The predicted molar refractivity (Wildman–Crippen MR) is 74.9 cm³/mol. The maximum absolute atomic E-state index is 5.68. The molecule has 5 nitrogen and oxygen atoms in total. The van der Waals surface area contributed by atoms with Crippen LogP contribution in [-0.4, -0.2) is 19.7 Å². The van der Waals surface area contributed by atoms with Gasteiger partial charge in [0.1, 0.15) is 11.6 Å². The van der Waals surface area contributed by atoms with Gasteiger partial charge in [0.05, 0.1) is 15.2 Å². The molecule has 0 bridgehead atoms. The van der Waals surface area contributed by atoms with E-state index in [1.807, 2.05) is 39.0 Å². The molecule has 0 aliphatic heterocycles. The molecule has 1 aromatic carbocycles.